The Balaban J connectivity index is 1.13. The second kappa shape index (κ2) is 17.4. The molecule has 0 spiro atoms. The average Bonchev–Trinajstić information content (AvgIpc) is 3.17. The highest BCUT2D eigenvalue weighted by Crippen LogP contribution is 2.39. The van der Waals surface area contributed by atoms with Gasteiger partial charge in [0.1, 0.15) is 0 Å². The van der Waals surface area contributed by atoms with Gasteiger partial charge in [-0.1, -0.05) is 60.7 Å². The molecule has 4 aromatic carbocycles. The molecule has 2 aliphatic rings. The molecule has 1 amide bonds. The lowest BCUT2D eigenvalue weighted by molar-refractivity contribution is -0.384. The predicted molar refractivity (Wildman–Crippen MR) is 195 cm³/mol. The molecule has 2 heterocycles. The topological polar surface area (TPSA) is 155 Å². The number of aliphatic hydroxyl groups excluding tert-OH is 1. The number of aliphatic carboxylic acids is 1. The van der Waals surface area contributed by atoms with Gasteiger partial charge >= 0.3 is 5.97 Å². The number of nitro benzene ring substituents is 1. The first kappa shape index (κ1) is 36.6. The van der Waals surface area contributed by atoms with Crippen LogP contribution in [0.2, 0.25) is 0 Å². The Morgan fingerprint density at radius 1 is 0.827 bits per heavy atom. The molecule has 52 heavy (non-hydrogen) atoms. The van der Waals surface area contributed by atoms with Gasteiger partial charge in [-0.25, -0.2) is 0 Å². The Morgan fingerprint density at radius 3 is 2.23 bits per heavy atom. The van der Waals surface area contributed by atoms with Crippen molar-refractivity contribution in [1.29, 1.82) is 0 Å². The summed E-state index contributed by atoms with van der Waals surface area (Å²) in [5.74, 6) is -1.09. The Bertz CT molecular complexity index is 1830. The summed E-state index contributed by atoms with van der Waals surface area (Å²) in [6, 6.07) is 30.6. The van der Waals surface area contributed by atoms with Crippen LogP contribution in [0.5, 0.6) is 0 Å². The zero-order valence-corrected chi connectivity index (χ0v) is 28.9. The number of anilines is 1. The summed E-state index contributed by atoms with van der Waals surface area (Å²) in [7, 11) is 0. The smallest absolute Gasteiger partial charge is 0.303 e. The first-order valence-corrected chi connectivity index (χ1v) is 17.6. The molecule has 12 nitrogen and oxygen atoms in total. The number of hydrogen-bond donors (Lipinski definition) is 3. The number of rotatable bonds is 14. The normalized spacial score (nSPS) is 19.2. The SMILES string of the molecule is O=C(O)CCCC(=O)NCc1cccc(-c2cccc([C@@H]3O[C@H](CN4CCN(c5ccc([N+](=O)[O-])cc5)CC4)C[C@H](c4ccc(CO)cc4)O3)c2)c1. The third-order valence-electron chi connectivity index (χ3n) is 9.58. The molecular formula is C40H44N4O8. The summed E-state index contributed by atoms with van der Waals surface area (Å²) in [6.07, 6.45) is 0.158. The van der Waals surface area contributed by atoms with Crippen LogP contribution in [0.15, 0.2) is 97.1 Å². The molecule has 0 aromatic heterocycles. The molecular weight excluding hydrogens is 664 g/mol. The molecule has 0 unspecified atom stereocenters. The van der Waals surface area contributed by atoms with Gasteiger partial charge in [-0.3, -0.25) is 24.6 Å². The summed E-state index contributed by atoms with van der Waals surface area (Å²) in [5.41, 5.74) is 6.69. The summed E-state index contributed by atoms with van der Waals surface area (Å²) in [4.78, 5) is 38.3. The highest BCUT2D eigenvalue weighted by Gasteiger charge is 2.34. The van der Waals surface area contributed by atoms with Crippen LogP contribution < -0.4 is 10.2 Å². The number of benzene rings is 4. The highest BCUT2D eigenvalue weighted by atomic mass is 16.7. The molecule has 6 rings (SSSR count). The molecule has 3 N–H and O–H groups in total. The van der Waals surface area contributed by atoms with Crippen LogP contribution in [-0.2, 0) is 32.2 Å². The summed E-state index contributed by atoms with van der Waals surface area (Å²) >= 11 is 0. The number of carboxylic acid groups (broad SMARTS) is 1. The van der Waals surface area contributed by atoms with Crippen molar-refractivity contribution >= 4 is 23.3 Å². The summed E-state index contributed by atoms with van der Waals surface area (Å²) in [6.45, 7) is 4.29. The number of carbonyl (C=O) groups excluding carboxylic acids is 1. The summed E-state index contributed by atoms with van der Waals surface area (Å²) < 4.78 is 13.3. The van der Waals surface area contributed by atoms with Crippen LogP contribution in [0.1, 0.15) is 60.3 Å². The minimum absolute atomic E-state index is 0.0286. The van der Waals surface area contributed by atoms with Crippen molar-refractivity contribution in [2.75, 3.05) is 37.6 Å². The minimum Gasteiger partial charge on any atom is -0.481 e. The van der Waals surface area contributed by atoms with E-state index in [0.29, 0.717) is 19.4 Å². The van der Waals surface area contributed by atoms with E-state index in [1.807, 2.05) is 78.9 Å². The lowest BCUT2D eigenvalue weighted by Gasteiger charge is -2.41. The first-order chi connectivity index (χ1) is 25.2. The van der Waals surface area contributed by atoms with E-state index in [0.717, 1.165) is 71.8 Å². The van der Waals surface area contributed by atoms with E-state index in [1.54, 1.807) is 12.1 Å². The average molecular weight is 709 g/mol. The number of ether oxygens (including phenoxy) is 2. The van der Waals surface area contributed by atoms with Crippen molar-refractivity contribution in [2.45, 2.75) is 57.3 Å². The van der Waals surface area contributed by atoms with Crippen LogP contribution in [0.3, 0.4) is 0 Å². The third kappa shape index (κ3) is 9.80. The molecule has 0 bridgehead atoms. The fourth-order valence-corrected chi connectivity index (χ4v) is 6.71. The van der Waals surface area contributed by atoms with Crippen molar-refractivity contribution in [3.05, 3.63) is 129 Å². The number of carbonyl (C=O) groups is 2. The molecule has 0 aliphatic carbocycles. The largest absolute Gasteiger partial charge is 0.481 e. The Kier molecular flexibility index (Phi) is 12.3. The number of nitrogens with zero attached hydrogens (tertiary/aromatic N) is 3. The summed E-state index contributed by atoms with van der Waals surface area (Å²) in [5, 5.41) is 32.4. The Hall–Kier alpha value is -5.14. The lowest BCUT2D eigenvalue weighted by Crippen LogP contribution is -2.49. The van der Waals surface area contributed by atoms with E-state index in [-0.39, 0.29) is 48.2 Å². The molecule has 4 aromatic rings. The molecule has 272 valence electrons. The van der Waals surface area contributed by atoms with Gasteiger partial charge in [0.15, 0.2) is 6.29 Å². The number of aliphatic hydroxyl groups is 1. The number of hydrogen-bond acceptors (Lipinski definition) is 9. The molecule has 12 heteroatoms. The first-order valence-electron chi connectivity index (χ1n) is 17.6. The fourth-order valence-electron chi connectivity index (χ4n) is 6.71. The second-order valence-electron chi connectivity index (χ2n) is 13.3. The van der Waals surface area contributed by atoms with Gasteiger partial charge in [0.2, 0.25) is 5.91 Å². The van der Waals surface area contributed by atoms with Gasteiger partial charge in [-0.2, -0.15) is 0 Å². The molecule has 0 radical (unpaired) electrons. The van der Waals surface area contributed by atoms with Gasteiger partial charge < -0.3 is 29.9 Å². The number of piperazine rings is 1. The Morgan fingerprint density at radius 2 is 1.54 bits per heavy atom. The maximum Gasteiger partial charge on any atom is 0.303 e. The third-order valence-corrected chi connectivity index (χ3v) is 9.58. The highest BCUT2D eigenvalue weighted by molar-refractivity contribution is 5.76. The number of nitrogens with one attached hydrogen (secondary N) is 1. The van der Waals surface area contributed by atoms with Gasteiger partial charge in [-0.15, -0.1) is 0 Å². The van der Waals surface area contributed by atoms with Crippen molar-refractivity contribution in [3.8, 4) is 11.1 Å². The molecule has 2 aliphatic heterocycles. The molecule has 3 atom stereocenters. The second-order valence-corrected chi connectivity index (χ2v) is 13.3. The molecule has 0 saturated carbocycles. The standard InChI is InChI=1S/C40H44N4O8/c45-27-28-10-12-30(13-11-28)37-24-36(26-42-18-20-43(21-19-42)34-14-16-35(17-15-34)44(49)50)51-40(52-37)33-7-2-6-32(23-33)31-5-1-4-29(22-31)25-41-38(46)8-3-9-39(47)48/h1-2,4-7,10-17,22-23,36-37,40,45H,3,8-9,18-21,24-27H2,(H,41,46)(H,47,48)/t36-,37+,40+/m0/s1. The number of non-ortho nitro benzene ring substituents is 1. The van der Waals surface area contributed by atoms with Crippen molar-refractivity contribution in [2.24, 2.45) is 0 Å². The predicted octanol–water partition coefficient (Wildman–Crippen LogP) is 5.99. The quantitative estimate of drug-likeness (QED) is 0.105. The van der Waals surface area contributed by atoms with Crippen LogP contribution in [0, 0.1) is 10.1 Å². The monoisotopic (exact) mass is 708 g/mol. The van der Waals surface area contributed by atoms with Crippen molar-refractivity contribution in [1.82, 2.24) is 10.2 Å². The van der Waals surface area contributed by atoms with Gasteiger partial charge in [0.25, 0.3) is 5.69 Å². The fraction of sp³-hybridized carbons (Fsp3) is 0.350. The van der Waals surface area contributed by atoms with Crippen molar-refractivity contribution in [3.63, 3.8) is 0 Å². The maximum atomic E-state index is 12.2. The zero-order chi connectivity index (χ0) is 36.5. The van der Waals surface area contributed by atoms with Crippen LogP contribution in [0.25, 0.3) is 11.1 Å². The van der Waals surface area contributed by atoms with Crippen molar-refractivity contribution < 1.29 is 34.2 Å². The zero-order valence-electron chi connectivity index (χ0n) is 28.9. The van der Waals surface area contributed by atoms with E-state index in [4.69, 9.17) is 14.6 Å². The lowest BCUT2D eigenvalue weighted by atomic mass is 9.98. The van der Waals surface area contributed by atoms with E-state index in [2.05, 4.69) is 21.2 Å². The molecule has 2 saturated heterocycles. The van der Waals surface area contributed by atoms with E-state index in [9.17, 15) is 24.8 Å². The van der Waals surface area contributed by atoms with E-state index < -0.39 is 12.3 Å². The molecule has 2 fully saturated rings. The maximum absolute atomic E-state index is 12.2. The van der Waals surface area contributed by atoms with E-state index in [1.165, 1.54) is 0 Å². The number of carboxylic acids is 1. The number of amides is 1. The van der Waals surface area contributed by atoms with Crippen LogP contribution in [0.4, 0.5) is 11.4 Å². The van der Waals surface area contributed by atoms with E-state index >= 15 is 0 Å². The van der Waals surface area contributed by atoms with Gasteiger partial charge in [0, 0.05) is 81.9 Å². The number of nitro groups is 1. The van der Waals surface area contributed by atoms with Gasteiger partial charge in [0.05, 0.1) is 23.7 Å². The Labute approximate surface area is 302 Å². The van der Waals surface area contributed by atoms with Crippen LogP contribution in [-0.4, -0.2) is 70.7 Å². The minimum atomic E-state index is -0.911. The van der Waals surface area contributed by atoms with Crippen LogP contribution >= 0.6 is 0 Å². The van der Waals surface area contributed by atoms with Gasteiger partial charge in [-0.05, 0) is 58.5 Å².